The van der Waals surface area contributed by atoms with Gasteiger partial charge in [0.25, 0.3) is 0 Å². The van der Waals surface area contributed by atoms with E-state index in [0.29, 0.717) is 39.5 Å². The van der Waals surface area contributed by atoms with Gasteiger partial charge in [0.15, 0.2) is 16.7 Å². The molecule has 0 bridgehead atoms. The summed E-state index contributed by atoms with van der Waals surface area (Å²) in [7, 11) is -12.8. The molecule has 4 atom stereocenters. The van der Waals surface area contributed by atoms with E-state index in [1.807, 2.05) is 30.3 Å². The number of ketones is 2. The van der Waals surface area contributed by atoms with Crippen LogP contribution in [0.2, 0.25) is 0 Å². The summed E-state index contributed by atoms with van der Waals surface area (Å²) in [5.41, 5.74) is 0.180. The maximum Gasteiger partial charge on any atom is 0.433 e. The lowest BCUT2D eigenvalue weighted by Gasteiger charge is -2.22. The van der Waals surface area contributed by atoms with Crippen LogP contribution in [0.15, 0.2) is 178 Å². The van der Waals surface area contributed by atoms with Crippen LogP contribution in [0, 0.1) is 11.6 Å². The number of nitrogens with zero attached hydrogens (tertiary/aromatic N) is 8. The second kappa shape index (κ2) is 27.7. The second-order valence-corrected chi connectivity index (χ2v) is 27.2. The van der Waals surface area contributed by atoms with Gasteiger partial charge in [0, 0.05) is 79.4 Å². The van der Waals surface area contributed by atoms with Crippen LogP contribution in [0.25, 0.3) is 22.5 Å². The van der Waals surface area contributed by atoms with Crippen LogP contribution >= 0.6 is 11.8 Å². The van der Waals surface area contributed by atoms with Crippen molar-refractivity contribution < 1.29 is 78.7 Å². The quantitative estimate of drug-likeness (QED) is 0.0393. The van der Waals surface area contributed by atoms with Crippen LogP contribution in [-0.4, -0.2) is 113 Å². The number of sulfonamides is 2. The molecule has 90 heavy (non-hydrogen) atoms. The van der Waals surface area contributed by atoms with Crippen molar-refractivity contribution >= 4 is 53.2 Å². The summed E-state index contributed by atoms with van der Waals surface area (Å²) < 4.78 is 215. The number of sulfone groups is 1. The van der Waals surface area contributed by atoms with Crippen molar-refractivity contribution in [3.63, 3.8) is 0 Å². The number of rotatable bonds is 20. The highest BCUT2D eigenvalue weighted by Crippen LogP contribution is 2.35. The van der Waals surface area contributed by atoms with Crippen LogP contribution in [0.5, 0.6) is 0 Å². The molecule has 472 valence electrons. The van der Waals surface area contributed by atoms with E-state index in [0.717, 1.165) is 87.2 Å². The van der Waals surface area contributed by atoms with Gasteiger partial charge in [0.2, 0.25) is 35.0 Å². The molecule has 0 radical (unpaired) electrons. The van der Waals surface area contributed by atoms with Crippen LogP contribution in [0.3, 0.4) is 0 Å². The third-order valence-electron chi connectivity index (χ3n) is 14.2. The van der Waals surface area contributed by atoms with E-state index in [1.165, 1.54) is 30.0 Å². The summed E-state index contributed by atoms with van der Waals surface area (Å²) in [6, 6.07) is 29.6. The zero-order chi connectivity index (χ0) is 64.8. The summed E-state index contributed by atoms with van der Waals surface area (Å²) in [5, 5.41) is -0.319. The standard InChI is InChI=1S/C30H25F5N4O5S2.C30H25F5N4O3S2/c31-21-7-10-24(11-8-21)46(43,44)39-17-22(32)14-26(39)27(40)12-9-23-15-25(20-6-13-28(36-16-20)30(33,34)35)38-29(37-23)45(41,42)18-19-4-2-1-3-5-19;31-21-7-10-24(11-8-21)44(41,42)39-17-22(32)14-26(39)27(40)12-9-23-15-25(20-6-13-28(36-16-20)30(33,34)35)38-29(37-23)43-18-19-4-2-1-3-5-19/h1-8,10-11,13,15-16,22,26H,9,12,14,17-18H2;1-8,10-11,13,15-16,22,26H,9,12,14,17-18H2/t2*22-,26+/m11/s1. The molecule has 8 aromatic rings. The monoisotopic (exact) mass is 1330 g/mol. The molecular formula is C60H50F10N8O8S4. The maximum atomic E-state index is 14.5. The lowest BCUT2D eigenvalue weighted by atomic mass is 10.0. The molecule has 16 nitrogen and oxygen atoms in total. The van der Waals surface area contributed by atoms with Crippen molar-refractivity contribution in [3.05, 3.63) is 204 Å². The topological polar surface area (TPSA) is 220 Å². The van der Waals surface area contributed by atoms with Crippen molar-refractivity contribution in [2.24, 2.45) is 0 Å². The zero-order valence-corrected chi connectivity index (χ0v) is 49.9. The lowest BCUT2D eigenvalue weighted by Crippen LogP contribution is -2.40. The maximum absolute atomic E-state index is 14.5. The number of carbonyl (C=O) groups is 2. The first kappa shape index (κ1) is 66.5. The van der Waals surface area contributed by atoms with Gasteiger partial charge in [-0.3, -0.25) is 19.6 Å². The fraction of sp³-hybridized carbons (Fsp3) is 0.267. The van der Waals surface area contributed by atoms with E-state index in [1.54, 1.807) is 30.3 Å². The summed E-state index contributed by atoms with van der Waals surface area (Å²) in [5.74, 6) is -2.50. The van der Waals surface area contributed by atoms with E-state index < -0.39 is 132 Å². The van der Waals surface area contributed by atoms with Gasteiger partial charge in [-0.1, -0.05) is 72.4 Å². The first-order valence-corrected chi connectivity index (χ1v) is 32.7. The summed E-state index contributed by atoms with van der Waals surface area (Å²) in [6.07, 6.45) is -12.1. The lowest BCUT2D eigenvalue weighted by molar-refractivity contribution is -0.141. The van der Waals surface area contributed by atoms with E-state index in [-0.39, 0.29) is 58.8 Å². The number of hydrogen-bond donors (Lipinski definition) is 0. The molecule has 4 aromatic carbocycles. The van der Waals surface area contributed by atoms with Crippen LogP contribution in [-0.2, 0) is 76.2 Å². The Hall–Kier alpha value is -7.90. The van der Waals surface area contributed by atoms with Crippen molar-refractivity contribution in [1.82, 2.24) is 38.5 Å². The Balaban J connectivity index is 0.000000214. The average Bonchev–Trinajstić information content (AvgIpc) is 1.65. The molecular weight excluding hydrogens is 1280 g/mol. The van der Waals surface area contributed by atoms with Crippen molar-refractivity contribution in [1.29, 1.82) is 0 Å². The SMILES string of the molecule is O=C(CCc1cc(-c2ccc(C(F)(F)F)nc2)nc(S(=O)(=O)Cc2ccccc2)n1)[C@@H]1C[C@@H](F)CN1S(=O)(=O)c1ccc(F)cc1.O=C(CCc1cc(-c2ccc(C(F)(F)F)nc2)nc(SCc2ccccc2)n1)[C@@H]1C[C@@H](F)CN1S(=O)(=O)c1ccc(F)cc1. The van der Waals surface area contributed by atoms with E-state index in [9.17, 15) is 78.7 Å². The minimum absolute atomic E-state index is 0.0209. The summed E-state index contributed by atoms with van der Waals surface area (Å²) >= 11 is 1.29. The van der Waals surface area contributed by atoms with Gasteiger partial charge >= 0.3 is 12.4 Å². The zero-order valence-electron chi connectivity index (χ0n) is 46.6. The number of benzene rings is 4. The number of Topliss-reactive ketones (excluding diaryl/α,β-unsaturated/α-hetero) is 2. The highest BCUT2D eigenvalue weighted by Gasteiger charge is 2.45. The number of carbonyl (C=O) groups excluding carboxylic acids is 2. The highest BCUT2D eigenvalue weighted by atomic mass is 32.2. The van der Waals surface area contributed by atoms with Gasteiger partial charge in [0.05, 0.1) is 39.0 Å². The third kappa shape index (κ3) is 16.5. The van der Waals surface area contributed by atoms with Crippen LogP contribution in [0.1, 0.15) is 59.6 Å². The van der Waals surface area contributed by atoms with Crippen molar-refractivity contribution in [2.75, 3.05) is 13.1 Å². The number of aryl methyl sites for hydroxylation is 2. The van der Waals surface area contributed by atoms with Gasteiger partial charge in [-0.2, -0.15) is 35.0 Å². The fourth-order valence-electron chi connectivity index (χ4n) is 9.66. The predicted octanol–water partition coefficient (Wildman–Crippen LogP) is 11.3. The molecule has 0 spiro atoms. The summed E-state index contributed by atoms with van der Waals surface area (Å²) in [4.78, 5) is 50.2. The molecule has 2 aliphatic heterocycles. The second-order valence-electron chi connectivity index (χ2n) is 20.6. The molecule has 0 amide bonds. The van der Waals surface area contributed by atoms with Crippen molar-refractivity contribution in [2.45, 2.75) is 107 Å². The number of aromatic nitrogens is 6. The van der Waals surface area contributed by atoms with E-state index in [4.69, 9.17) is 0 Å². The molecule has 30 heteroatoms. The van der Waals surface area contributed by atoms with E-state index >= 15 is 0 Å². The smallest absolute Gasteiger partial charge is 0.298 e. The Morgan fingerprint density at radius 2 is 0.944 bits per heavy atom. The Labute approximate surface area is 513 Å². The first-order valence-electron chi connectivity index (χ1n) is 27.2. The number of halogens is 10. The fourth-order valence-corrected chi connectivity index (χ4v) is 15.0. The van der Waals surface area contributed by atoms with Gasteiger partial charge in [-0.05, 0) is 109 Å². The molecule has 6 heterocycles. The molecule has 0 unspecified atom stereocenters. The average molecular weight is 1330 g/mol. The predicted molar refractivity (Wildman–Crippen MR) is 308 cm³/mol. The normalized spacial score (nSPS) is 17.6. The van der Waals surface area contributed by atoms with Gasteiger partial charge in [-0.25, -0.2) is 62.8 Å². The minimum atomic E-state index is -4.71. The van der Waals surface area contributed by atoms with Crippen LogP contribution < -0.4 is 0 Å². The Kier molecular flexibility index (Phi) is 20.5. The Morgan fingerprint density at radius 1 is 0.522 bits per heavy atom. The molecule has 4 aromatic heterocycles. The summed E-state index contributed by atoms with van der Waals surface area (Å²) in [6.45, 7) is -1.09. The number of pyridine rings is 2. The van der Waals surface area contributed by atoms with Crippen molar-refractivity contribution in [3.8, 4) is 22.5 Å². The van der Waals surface area contributed by atoms with Crippen LogP contribution in [0.4, 0.5) is 43.9 Å². The molecule has 2 aliphatic rings. The largest absolute Gasteiger partial charge is 0.433 e. The molecule has 0 aliphatic carbocycles. The molecule has 2 fully saturated rings. The molecule has 0 saturated carbocycles. The number of hydrogen-bond acceptors (Lipinski definition) is 15. The molecule has 2 saturated heterocycles. The number of alkyl halides is 8. The third-order valence-corrected chi connectivity index (χ3v) is 20.3. The highest BCUT2D eigenvalue weighted by molar-refractivity contribution is 7.98. The number of thioether (sulfide) groups is 1. The van der Waals surface area contributed by atoms with Gasteiger partial charge in [0.1, 0.15) is 35.4 Å². The molecule has 10 rings (SSSR count). The minimum Gasteiger partial charge on any atom is -0.298 e. The Morgan fingerprint density at radius 3 is 1.37 bits per heavy atom. The van der Waals surface area contributed by atoms with E-state index in [2.05, 4.69) is 29.9 Å². The van der Waals surface area contributed by atoms with Gasteiger partial charge < -0.3 is 0 Å². The van der Waals surface area contributed by atoms with Gasteiger partial charge in [-0.15, -0.1) is 0 Å². The molecule has 0 N–H and O–H groups in total. The Bertz CT molecular complexity index is 4210. The first-order chi connectivity index (χ1) is 42.5.